The summed E-state index contributed by atoms with van der Waals surface area (Å²) >= 11 is 0. The van der Waals surface area contributed by atoms with Crippen LogP contribution in [0.3, 0.4) is 0 Å². The lowest BCUT2D eigenvalue weighted by Gasteiger charge is -2.43. The van der Waals surface area contributed by atoms with Gasteiger partial charge in [-0.3, -0.25) is 9.69 Å². The molecule has 2 aromatic rings. The summed E-state index contributed by atoms with van der Waals surface area (Å²) in [6, 6.07) is 10.6. The van der Waals surface area contributed by atoms with Crippen LogP contribution in [0.25, 0.3) is 0 Å². The molecule has 0 radical (unpaired) electrons. The lowest BCUT2D eigenvalue weighted by molar-refractivity contribution is -0.134. The van der Waals surface area contributed by atoms with E-state index in [-0.39, 0.29) is 0 Å². The number of carbonyl (C=O) groups is 1. The number of hydrogen-bond donors (Lipinski definition) is 0. The van der Waals surface area contributed by atoms with Crippen molar-refractivity contribution < 1.29 is 4.79 Å². The van der Waals surface area contributed by atoms with Gasteiger partial charge < -0.3 is 0 Å². The van der Waals surface area contributed by atoms with Gasteiger partial charge in [-0.2, -0.15) is 0 Å². The van der Waals surface area contributed by atoms with Crippen LogP contribution in [0.5, 0.6) is 0 Å². The number of carbonyl (C=O) groups excluding carboxylic acids is 1. The molecule has 1 unspecified atom stereocenters. The predicted octanol–water partition coefficient (Wildman–Crippen LogP) is 2.48. The first-order chi connectivity index (χ1) is 11.7. The van der Waals surface area contributed by atoms with E-state index in [0.29, 0.717) is 24.8 Å². The van der Waals surface area contributed by atoms with Crippen LogP contribution in [0.4, 0.5) is 0 Å². The van der Waals surface area contributed by atoms with Gasteiger partial charge in [-0.1, -0.05) is 36.8 Å². The van der Waals surface area contributed by atoms with Crippen LogP contribution in [0.2, 0.25) is 0 Å². The standard InChI is InChI=1S/C18H23N5O/c1-22(13-17-19-20-21-23(17)15-10-11-15)18(12-6-5-9-16(18)24)14-7-3-2-4-8-14/h2-4,7-8,15H,5-6,9-13H2,1H3. The van der Waals surface area contributed by atoms with Crippen molar-refractivity contribution in [3.63, 3.8) is 0 Å². The number of likely N-dealkylation sites (N-methyl/N-ethyl adjacent to an activating group) is 1. The van der Waals surface area contributed by atoms with Gasteiger partial charge >= 0.3 is 0 Å². The second-order valence-corrected chi connectivity index (χ2v) is 6.98. The van der Waals surface area contributed by atoms with E-state index < -0.39 is 5.54 Å². The molecule has 0 aliphatic heterocycles. The van der Waals surface area contributed by atoms with Gasteiger partial charge in [0.25, 0.3) is 0 Å². The number of aromatic nitrogens is 4. The van der Waals surface area contributed by atoms with E-state index >= 15 is 0 Å². The first-order valence-electron chi connectivity index (χ1n) is 8.78. The third kappa shape index (κ3) is 2.55. The van der Waals surface area contributed by atoms with Crippen LogP contribution >= 0.6 is 0 Å². The summed E-state index contributed by atoms with van der Waals surface area (Å²) in [6.45, 7) is 0.587. The molecule has 4 rings (SSSR count). The highest BCUT2D eigenvalue weighted by Crippen LogP contribution is 2.40. The molecule has 2 saturated carbocycles. The fourth-order valence-electron chi connectivity index (χ4n) is 3.92. The zero-order valence-electron chi connectivity index (χ0n) is 14.1. The Labute approximate surface area is 141 Å². The molecule has 1 aromatic carbocycles. The Balaban J connectivity index is 1.68. The number of nitrogens with zero attached hydrogens (tertiary/aromatic N) is 5. The minimum Gasteiger partial charge on any atom is -0.297 e. The van der Waals surface area contributed by atoms with E-state index in [1.807, 2.05) is 29.9 Å². The average molecular weight is 325 g/mol. The van der Waals surface area contributed by atoms with Crippen molar-refractivity contribution in [3.05, 3.63) is 41.7 Å². The van der Waals surface area contributed by atoms with E-state index in [9.17, 15) is 4.79 Å². The summed E-state index contributed by atoms with van der Waals surface area (Å²) in [6.07, 6.45) is 5.85. The van der Waals surface area contributed by atoms with Crippen molar-refractivity contribution in [3.8, 4) is 0 Å². The quantitative estimate of drug-likeness (QED) is 0.845. The minimum atomic E-state index is -0.556. The number of benzene rings is 1. The highest BCUT2D eigenvalue weighted by Gasteiger charge is 2.45. The van der Waals surface area contributed by atoms with E-state index in [0.717, 1.165) is 43.5 Å². The van der Waals surface area contributed by atoms with Crippen LogP contribution < -0.4 is 0 Å². The summed E-state index contributed by atoms with van der Waals surface area (Å²) < 4.78 is 1.93. The molecule has 2 fully saturated rings. The maximum atomic E-state index is 13.0. The lowest BCUT2D eigenvalue weighted by atomic mass is 9.74. The maximum absolute atomic E-state index is 13.0. The van der Waals surface area contributed by atoms with Crippen LogP contribution in [0, 0.1) is 0 Å². The Morgan fingerprint density at radius 3 is 2.75 bits per heavy atom. The molecular weight excluding hydrogens is 302 g/mol. The number of rotatable bonds is 5. The van der Waals surface area contributed by atoms with Crippen LogP contribution in [-0.2, 0) is 16.9 Å². The van der Waals surface area contributed by atoms with E-state index in [4.69, 9.17) is 0 Å². The summed E-state index contributed by atoms with van der Waals surface area (Å²) in [5.74, 6) is 1.17. The van der Waals surface area contributed by atoms with E-state index in [1.165, 1.54) is 0 Å². The number of ketones is 1. The van der Waals surface area contributed by atoms with Crippen molar-refractivity contribution in [2.45, 2.75) is 56.7 Å². The Bertz CT molecular complexity index is 724. The maximum Gasteiger partial charge on any atom is 0.165 e. The summed E-state index contributed by atoms with van der Waals surface area (Å²) in [5, 5.41) is 12.2. The number of tetrazole rings is 1. The van der Waals surface area contributed by atoms with Crippen molar-refractivity contribution in [1.29, 1.82) is 0 Å². The molecule has 0 saturated heterocycles. The fourth-order valence-corrected chi connectivity index (χ4v) is 3.92. The minimum absolute atomic E-state index is 0.313. The van der Waals surface area contributed by atoms with Gasteiger partial charge in [0, 0.05) is 6.42 Å². The molecule has 6 nitrogen and oxygen atoms in total. The molecule has 0 amide bonds. The summed E-state index contributed by atoms with van der Waals surface area (Å²) in [4.78, 5) is 15.2. The van der Waals surface area contributed by atoms with Crippen molar-refractivity contribution in [2.24, 2.45) is 0 Å². The molecule has 0 N–H and O–H groups in total. The van der Waals surface area contributed by atoms with Crippen LogP contribution in [0.15, 0.2) is 30.3 Å². The largest absolute Gasteiger partial charge is 0.297 e. The lowest BCUT2D eigenvalue weighted by Crippen LogP contribution is -2.51. The molecule has 2 aliphatic carbocycles. The Hall–Kier alpha value is -2.08. The molecule has 1 heterocycles. The Kier molecular flexibility index (Phi) is 3.92. The Morgan fingerprint density at radius 2 is 2.04 bits per heavy atom. The van der Waals surface area contributed by atoms with Crippen LogP contribution in [0.1, 0.15) is 56.0 Å². The zero-order valence-corrected chi connectivity index (χ0v) is 14.1. The van der Waals surface area contributed by atoms with Gasteiger partial charge in [-0.05, 0) is 48.7 Å². The summed E-state index contributed by atoms with van der Waals surface area (Å²) in [7, 11) is 2.03. The molecular formula is C18H23N5O. The first kappa shape index (κ1) is 15.4. The van der Waals surface area contributed by atoms with E-state index in [1.54, 1.807) is 0 Å². The molecule has 0 spiro atoms. The van der Waals surface area contributed by atoms with Crippen LogP contribution in [-0.4, -0.2) is 37.9 Å². The molecule has 6 heteroatoms. The molecule has 126 valence electrons. The molecule has 2 aliphatic rings. The fraction of sp³-hybridized carbons (Fsp3) is 0.556. The number of Topliss-reactive ketones (excluding diaryl/α,β-unsaturated/α-hetero) is 1. The smallest absolute Gasteiger partial charge is 0.165 e. The predicted molar refractivity (Wildman–Crippen MR) is 89.2 cm³/mol. The summed E-state index contributed by atoms with van der Waals surface area (Å²) in [5.41, 5.74) is 0.530. The van der Waals surface area contributed by atoms with E-state index in [2.05, 4.69) is 32.6 Å². The normalized spacial score (nSPS) is 24.5. The van der Waals surface area contributed by atoms with Crippen molar-refractivity contribution in [1.82, 2.24) is 25.1 Å². The van der Waals surface area contributed by atoms with Gasteiger partial charge in [0.15, 0.2) is 11.6 Å². The van der Waals surface area contributed by atoms with Gasteiger partial charge in [-0.15, -0.1) is 5.10 Å². The van der Waals surface area contributed by atoms with Crippen molar-refractivity contribution >= 4 is 5.78 Å². The third-order valence-electron chi connectivity index (χ3n) is 5.39. The van der Waals surface area contributed by atoms with Gasteiger partial charge in [0.05, 0.1) is 12.6 Å². The molecule has 24 heavy (non-hydrogen) atoms. The SMILES string of the molecule is CN(Cc1nnnn1C1CC1)C1(c2ccccc2)CCCCC1=O. The van der Waals surface area contributed by atoms with Gasteiger partial charge in [0.1, 0.15) is 5.54 Å². The zero-order chi connectivity index (χ0) is 16.6. The second kappa shape index (κ2) is 6.09. The van der Waals surface area contributed by atoms with Crippen molar-refractivity contribution in [2.75, 3.05) is 7.05 Å². The topological polar surface area (TPSA) is 63.9 Å². The second-order valence-electron chi connectivity index (χ2n) is 6.98. The van der Waals surface area contributed by atoms with Gasteiger partial charge in [0.2, 0.25) is 0 Å². The first-order valence-corrected chi connectivity index (χ1v) is 8.78. The molecule has 1 aromatic heterocycles. The Morgan fingerprint density at radius 1 is 1.25 bits per heavy atom. The molecule has 1 atom stereocenters. The third-order valence-corrected chi connectivity index (χ3v) is 5.39. The monoisotopic (exact) mass is 325 g/mol. The highest BCUT2D eigenvalue weighted by atomic mass is 16.1. The highest BCUT2D eigenvalue weighted by molar-refractivity contribution is 5.90. The van der Waals surface area contributed by atoms with Gasteiger partial charge in [-0.25, -0.2) is 4.68 Å². The number of hydrogen-bond acceptors (Lipinski definition) is 5. The average Bonchev–Trinajstić information content (AvgIpc) is 3.36. The molecule has 0 bridgehead atoms.